The van der Waals surface area contributed by atoms with Gasteiger partial charge in [-0.2, -0.15) is 0 Å². The van der Waals surface area contributed by atoms with E-state index in [1.165, 1.54) is 20.9 Å². The molecule has 3 rings (SSSR count). The minimum absolute atomic E-state index is 0.114. The molecule has 0 spiro atoms. The lowest BCUT2D eigenvalue weighted by molar-refractivity contribution is -0.116. The van der Waals surface area contributed by atoms with E-state index in [1.54, 1.807) is 0 Å². The largest absolute Gasteiger partial charge is 0.381 e. The molecule has 2 N–H and O–H groups in total. The molecule has 104 valence electrons. The van der Waals surface area contributed by atoms with Crippen molar-refractivity contribution in [3.05, 3.63) is 45.1 Å². The van der Waals surface area contributed by atoms with Gasteiger partial charge in [0.25, 0.3) is 0 Å². The summed E-state index contributed by atoms with van der Waals surface area (Å²) < 4.78 is 0. The first kappa shape index (κ1) is 13.2. The topological polar surface area (TPSA) is 41.1 Å². The molecule has 1 aliphatic heterocycles. The van der Waals surface area contributed by atoms with E-state index in [1.807, 2.05) is 23.5 Å². The van der Waals surface area contributed by atoms with Crippen LogP contribution in [-0.4, -0.2) is 5.91 Å². The molecule has 1 aromatic heterocycles. The zero-order chi connectivity index (χ0) is 14.1. The maximum absolute atomic E-state index is 11.3. The van der Waals surface area contributed by atoms with Gasteiger partial charge in [0.1, 0.15) is 0 Å². The van der Waals surface area contributed by atoms with Gasteiger partial charge in [0.05, 0.1) is 0 Å². The second-order valence-electron chi connectivity index (χ2n) is 5.21. The number of amides is 1. The molecule has 0 unspecified atom stereocenters. The zero-order valence-corrected chi connectivity index (χ0v) is 12.6. The average Bonchev–Trinajstić information content (AvgIpc) is 2.74. The Morgan fingerprint density at radius 3 is 2.85 bits per heavy atom. The van der Waals surface area contributed by atoms with Gasteiger partial charge in [-0.25, -0.2) is 0 Å². The van der Waals surface area contributed by atoms with Crippen LogP contribution in [0.1, 0.15) is 27.3 Å². The smallest absolute Gasteiger partial charge is 0.224 e. The van der Waals surface area contributed by atoms with E-state index in [2.05, 4.69) is 36.6 Å². The number of carbonyl (C=O) groups excluding carboxylic acids is 1. The summed E-state index contributed by atoms with van der Waals surface area (Å²) in [4.78, 5) is 14.1. The first-order valence-electron chi connectivity index (χ1n) is 6.84. The van der Waals surface area contributed by atoms with Crippen LogP contribution in [0.25, 0.3) is 0 Å². The number of fused-ring (bicyclic) bond motifs is 1. The number of nitrogens with one attached hydrogen (secondary N) is 2. The Kier molecular flexibility index (Phi) is 3.49. The molecule has 0 atom stereocenters. The second-order valence-corrected chi connectivity index (χ2v) is 6.67. The lowest BCUT2D eigenvalue weighted by atomic mass is 10.0. The summed E-state index contributed by atoms with van der Waals surface area (Å²) in [5, 5.41) is 6.38. The number of benzene rings is 1. The van der Waals surface area contributed by atoms with Crippen molar-refractivity contribution >= 4 is 28.6 Å². The third kappa shape index (κ3) is 2.70. The number of hydrogen-bond donors (Lipinski definition) is 2. The summed E-state index contributed by atoms with van der Waals surface area (Å²) in [5.74, 6) is 0.114. The van der Waals surface area contributed by atoms with Crippen molar-refractivity contribution in [2.75, 3.05) is 10.6 Å². The summed E-state index contributed by atoms with van der Waals surface area (Å²) in [7, 11) is 0. The van der Waals surface area contributed by atoms with Crippen LogP contribution < -0.4 is 10.6 Å². The molecule has 1 aliphatic rings. The van der Waals surface area contributed by atoms with Crippen LogP contribution in [0, 0.1) is 13.8 Å². The second kappa shape index (κ2) is 5.29. The molecule has 4 heteroatoms. The van der Waals surface area contributed by atoms with Crippen molar-refractivity contribution in [2.45, 2.75) is 33.2 Å². The standard InChI is InChI=1S/C16H18N2OS/c1-10-7-13(11(2)20-10)9-17-14-4-5-15-12(8-14)3-6-16(19)18-15/h4-5,7-8,17H,3,6,9H2,1-2H3,(H,18,19). The fourth-order valence-corrected chi connectivity index (χ4v) is 3.50. The molecule has 3 nitrogen and oxygen atoms in total. The number of carbonyl (C=O) groups is 1. The molecule has 0 aliphatic carbocycles. The molecule has 20 heavy (non-hydrogen) atoms. The summed E-state index contributed by atoms with van der Waals surface area (Å²) >= 11 is 1.84. The minimum atomic E-state index is 0.114. The Balaban J connectivity index is 1.72. The van der Waals surface area contributed by atoms with Crippen molar-refractivity contribution in [1.29, 1.82) is 0 Å². The van der Waals surface area contributed by atoms with Crippen molar-refractivity contribution in [3.63, 3.8) is 0 Å². The van der Waals surface area contributed by atoms with Gasteiger partial charge >= 0.3 is 0 Å². The number of thiophene rings is 1. The number of anilines is 2. The molecule has 0 radical (unpaired) electrons. The van der Waals surface area contributed by atoms with Crippen LogP contribution >= 0.6 is 11.3 Å². The molecule has 0 fully saturated rings. The van der Waals surface area contributed by atoms with Gasteiger partial charge < -0.3 is 10.6 Å². The third-order valence-corrected chi connectivity index (χ3v) is 4.64. The van der Waals surface area contributed by atoms with Crippen LogP contribution in [0.15, 0.2) is 24.3 Å². The van der Waals surface area contributed by atoms with E-state index in [0.717, 1.165) is 24.3 Å². The SMILES string of the molecule is Cc1cc(CNc2ccc3c(c2)CCC(=O)N3)c(C)s1. The highest BCUT2D eigenvalue weighted by Crippen LogP contribution is 2.27. The highest BCUT2D eigenvalue weighted by Gasteiger charge is 2.14. The maximum Gasteiger partial charge on any atom is 0.224 e. The predicted molar refractivity (Wildman–Crippen MR) is 84.5 cm³/mol. The molecule has 1 amide bonds. The molecule has 2 aromatic rings. The van der Waals surface area contributed by atoms with E-state index in [9.17, 15) is 4.79 Å². The Morgan fingerprint density at radius 1 is 1.25 bits per heavy atom. The number of aryl methyl sites for hydroxylation is 3. The maximum atomic E-state index is 11.3. The quantitative estimate of drug-likeness (QED) is 0.899. The lowest BCUT2D eigenvalue weighted by Crippen LogP contribution is -2.18. The van der Waals surface area contributed by atoms with E-state index in [-0.39, 0.29) is 5.91 Å². The average molecular weight is 286 g/mol. The van der Waals surface area contributed by atoms with Gasteiger partial charge in [0, 0.05) is 34.1 Å². The monoisotopic (exact) mass is 286 g/mol. The van der Waals surface area contributed by atoms with Gasteiger partial charge in [-0.15, -0.1) is 11.3 Å². The van der Waals surface area contributed by atoms with Crippen molar-refractivity contribution in [2.24, 2.45) is 0 Å². The number of hydrogen-bond acceptors (Lipinski definition) is 3. The molecule has 0 saturated carbocycles. The molecule has 0 bridgehead atoms. The van der Waals surface area contributed by atoms with Gasteiger partial charge in [0.15, 0.2) is 0 Å². The van der Waals surface area contributed by atoms with Crippen molar-refractivity contribution < 1.29 is 4.79 Å². The fraction of sp³-hybridized carbons (Fsp3) is 0.312. The highest BCUT2D eigenvalue weighted by atomic mass is 32.1. The van der Waals surface area contributed by atoms with Crippen LogP contribution in [0.2, 0.25) is 0 Å². The third-order valence-electron chi connectivity index (χ3n) is 3.63. The fourth-order valence-electron chi connectivity index (χ4n) is 2.55. The normalized spacial score (nSPS) is 13.8. The van der Waals surface area contributed by atoms with Gasteiger partial charge in [-0.3, -0.25) is 4.79 Å². The van der Waals surface area contributed by atoms with E-state index in [4.69, 9.17) is 0 Å². The molecule has 1 aromatic carbocycles. The number of rotatable bonds is 3. The molecular weight excluding hydrogens is 268 g/mol. The summed E-state index contributed by atoms with van der Waals surface area (Å²) in [6.07, 6.45) is 1.41. The predicted octanol–water partition coefficient (Wildman–Crippen LogP) is 3.86. The van der Waals surface area contributed by atoms with Gasteiger partial charge in [-0.1, -0.05) is 0 Å². The molecule has 0 saturated heterocycles. The Labute approximate surface area is 123 Å². The summed E-state index contributed by atoms with van der Waals surface area (Å²) in [6, 6.07) is 8.40. The van der Waals surface area contributed by atoms with Crippen molar-refractivity contribution in [1.82, 2.24) is 0 Å². The Bertz CT molecular complexity index is 660. The van der Waals surface area contributed by atoms with Crippen LogP contribution in [0.5, 0.6) is 0 Å². The van der Waals surface area contributed by atoms with E-state index < -0.39 is 0 Å². The molecular formula is C16H18N2OS. The lowest BCUT2D eigenvalue weighted by Gasteiger charge is -2.18. The summed E-state index contributed by atoms with van der Waals surface area (Å²) in [5.41, 5.74) is 4.64. The Hall–Kier alpha value is -1.81. The van der Waals surface area contributed by atoms with E-state index >= 15 is 0 Å². The highest BCUT2D eigenvalue weighted by molar-refractivity contribution is 7.12. The van der Waals surface area contributed by atoms with E-state index in [0.29, 0.717) is 6.42 Å². The van der Waals surface area contributed by atoms with Crippen LogP contribution in [-0.2, 0) is 17.8 Å². The zero-order valence-electron chi connectivity index (χ0n) is 11.7. The first-order valence-corrected chi connectivity index (χ1v) is 7.66. The summed E-state index contributed by atoms with van der Waals surface area (Å²) in [6.45, 7) is 5.15. The van der Waals surface area contributed by atoms with Crippen LogP contribution in [0.4, 0.5) is 11.4 Å². The first-order chi connectivity index (χ1) is 9.61. The van der Waals surface area contributed by atoms with Gasteiger partial charge in [-0.05, 0) is 55.7 Å². The van der Waals surface area contributed by atoms with Crippen molar-refractivity contribution in [3.8, 4) is 0 Å². The minimum Gasteiger partial charge on any atom is -0.381 e. The Morgan fingerprint density at radius 2 is 2.10 bits per heavy atom. The van der Waals surface area contributed by atoms with Gasteiger partial charge in [0.2, 0.25) is 5.91 Å². The molecule has 2 heterocycles. The van der Waals surface area contributed by atoms with Crippen LogP contribution in [0.3, 0.4) is 0 Å².